The van der Waals surface area contributed by atoms with Gasteiger partial charge in [-0.2, -0.15) is 0 Å². The zero-order valence-corrected chi connectivity index (χ0v) is 8.30. The van der Waals surface area contributed by atoms with E-state index >= 15 is 0 Å². The van der Waals surface area contributed by atoms with Gasteiger partial charge in [0.1, 0.15) is 5.00 Å². The largest absolute Gasteiger partial charge is 0.440 e. The molecule has 0 radical (unpaired) electrons. The van der Waals surface area contributed by atoms with E-state index in [1.165, 1.54) is 18.3 Å². The number of carbonyl (C=O) groups excluding carboxylic acids is 1. The van der Waals surface area contributed by atoms with Crippen molar-refractivity contribution in [2.45, 2.75) is 0 Å². The summed E-state index contributed by atoms with van der Waals surface area (Å²) in [5, 5.41) is 6.86. The van der Waals surface area contributed by atoms with Crippen LogP contribution in [0.3, 0.4) is 0 Å². The predicted molar refractivity (Wildman–Crippen MR) is 51.6 cm³/mol. The van der Waals surface area contributed by atoms with Crippen molar-refractivity contribution in [3.05, 3.63) is 29.3 Å². The van der Waals surface area contributed by atoms with Crippen LogP contribution in [0.4, 0.5) is 5.00 Å². The predicted octanol–water partition coefficient (Wildman–Crippen LogP) is 2.04. The molecule has 0 saturated carbocycles. The zero-order chi connectivity index (χ0) is 9.97. The van der Waals surface area contributed by atoms with Gasteiger partial charge in [0.15, 0.2) is 11.0 Å². The van der Waals surface area contributed by atoms with Crippen LogP contribution in [0.2, 0.25) is 5.22 Å². The van der Waals surface area contributed by atoms with E-state index in [2.05, 4.69) is 14.9 Å². The van der Waals surface area contributed by atoms with Gasteiger partial charge in [0, 0.05) is 11.5 Å². The molecule has 2 aromatic rings. The summed E-state index contributed by atoms with van der Waals surface area (Å²) in [6.45, 7) is 0. The molecule has 2 heterocycles. The lowest BCUT2D eigenvalue weighted by molar-refractivity contribution is 0.0997. The molecule has 72 valence electrons. The Hall–Kier alpha value is -1.40. The van der Waals surface area contributed by atoms with Crippen LogP contribution in [-0.2, 0) is 0 Å². The first kappa shape index (κ1) is 9.17. The number of nitrogens with one attached hydrogen (secondary N) is 1. The Kier molecular flexibility index (Phi) is 2.47. The zero-order valence-electron chi connectivity index (χ0n) is 6.73. The first-order valence-corrected chi connectivity index (χ1v) is 4.75. The molecular formula is C7H4ClN3O2S. The van der Waals surface area contributed by atoms with Gasteiger partial charge in [-0.3, -0.25) is 4.79 Å². The molecule has 1 amide bonds. The third-order valence-corrected chi connectivity index (χ3v) is 2.18. The van der Waals surface area contributed by atoms with Crippen LogP contribution in [0.15, 0.2) is 22.7 Å². The highest BCUT2D eigenvalue weighted by atomic mass is 35.5. The first-order chi connectivity index (χ1) is 6.75. The maximum Gasteiger partial charge on any atom is 0.292 e. The molecule has 0 saturated heterocycles. The summed E-state index contributed by atoms with van der Waals surface area (Å²) in [6, 6.07) is 2.99. The van der Waals surface area contributed by atoms with Gasteiger partial charge < -0.3 is 9.73 Å². The summed E-state index contributed by atoms with van der Waals surface area (Å²) >= 11 is 6.60. The average molecular weight is 230 g/mol. The monoisotopic (exact) mass is 229 g/mol. The summed E-state index contributed by atoms with van der Waals surface area (Å²) in [4.78, 5) is 11.4. The Bertz CT molecular complexity index is 439. The highest BCUT2D eigenvalue weighted by Gasteiger charge is 2.11. The highest BCUT2D eigenvalue weighted by molar-refractivity contribution is 7.10. The lowest BCUT2D eigenvalue weighted by Crippen LogP contribution is -2.09. The Balaban J connectivity index is 2.10. The van der Waals surface area contributed by atoms with Crippen molar-refractivity contribution in [2.75, 3.05) is 5.32 Å². The summed E-state index contributed by atoms with van der Waals surface area (Å²) in [5.41, 5.74) is 0. The van der Waals surface area contributed by atoms with Gasteiger partial charge in [-0.1, -0.05) is 4.49 Å². The minimum atomic E-state index is -0.372. The van der Waals surface area contributed by atoms with Gasteiger partial charge in [0.25, 0.3) is 5.91 Å². The van der Waals surface area contributed by atoms with E-state index in [-0.39, 0.29) is 16.9 Å². The van der Waals surface area contributed by atoms with Crippen molar-refractivity contribution in [1.29, 1.82) is 0 Å². The number of furan rings is 1. The fourth-order valence-corrected chi connectivity index (χ4v) is 1.39. The number of nitrogens with zero attached hydrogens (tertiary/aromatic N) is 2. The Morgan fingerprint density at radius 2 is 2.43 bits per heavy atom. The van der Waals surface area contributed by atoms with Crippen molar-refractivity contribution >= 4 is 34.0 Å². The van der Waals surface area contributed by atoms with Crippen molar-refractivity contribution in [3.8, 4) is 0 Å². The summed E-state index contributed by atoms with van der Waals surface area (Å²) in [5.74, 6) is -0.216. The number of amides is 1. The molecule has 5 nitrogen and oxygen atoms in total. The molecule has 0 fully saturated rings. The van der Waals surface area contributed by atoms with Crippen LogP contribution in [0.25, 0.3) is 0 Å². The number of rotatable bonds is 2. The highest BCUT2D eigenvalue weighted by Crippen LogP contribution is 2.16. The van der Waals surface area contributed by atoms with Crippen LogP contribution < -0.4 is 5.32 Å². The third kappa shape index (κ3) is 1.91. The second kappa shape index (κ2) is 3.77. The second-order valence-electron chi connectivity index (χ2n) is 2.34. The standard InChI is InChI=1S/C7H4ClN3O2S/c8-5-2-1-4(13-5)7(12)10-6-3-9-11-14-6/h1-3H,(H,10,12). The van der Waals surface area contributed by atoms with Crippen LogP contribution in [0, 0.1) is 0 Å². The lowest BCUT2D eigenvalue weighted by atomic mass is 10.4. The third-order valence-electron chi connectivity index (χ3n) is 1.40. The maximum atomic E-state index is 11.4. The number of halogens is 1. The van der Waals surface area contributed by atoms with Gasteiger partial charge in [0.2, 0.25) is 0 Å². The molecule has 0 aliphatic heterocycles. The molecule has 2 aromatic heterocycles. The molecule has 0 atom stereocenters. The number of aromatic nitrogens is 2. The maximum absolute atomic E-state index is 11.4. The molecule has 0 aromatic carbocycles. The molecule has 0 spiro atoms. The molecule has 7 heteroatoms. The van der Waals surface area contributed by atoms with E-state index in [9.17, 15) is 4.79 Å². The molecule has 0 aliphatic carbocycles. The fourth-order valence-electron chi connectivity index (χ4n) is 0.832. The normalized spacial score (nSPS) is 10.1. The van der Waals surface area contributed by atoms with Crippen molar-refractivity contribution in [3.63, 3.8) is 0 Å². The molecule has 0 aliphatic rings. The topological polar surface area (TPSA) is 68.0 Å². The second-order valence-corrected chi connectivity index (χ2v) is 3.50. The van der Waals surface area contributed by atoms with E-state index in [0.717, 1.165) is 11.5 Å². The van der Waals surface area contributed by atoms with Crippen molar-refractivity contribution in [1.82, 2.24) is 9.59 Å². The number of anilines is 1. The van der Waals surface area contributed by atoms with Crippen molar-refractivity contribution < 1.29 is 9.21 Å². The quantitative estimate of drug-likeness (QED) is 0.856. The Morgan fingerprint density at radius 3 is 3.00 bits per heavy atom. The molecular weight excluding hydrogens is 226 g/mol. The molecule has 1 N–H and O–H groups in total. The van der Waals surface area contributed by atoms with Crippen LogP contribution in [0.1, 0.15) is 10.6 Å². The van der Waals surface area contributed by atoms with E-state index in [0.29, 0.717) is 5.00 Å². The number of hydrogen-bond acceptors (Lipinski definition) is 5. The smallest absolute Gasteiger partial charge is 0.292 e. The minimum absolute atomic E-state index is 0.156. The lowest BCUT2D eigenvalue weighted by Gasteiger charge is -1.95. The van der Waals surface area contributed by atoms with Gasteiger partial charge >= 0.3 is 0 Å². The van der Waals surface area contributed by atoms with Crippen molar-refractivity contribution in [2.24, 2.45) is 0 Å². The summed E-state index contributed by atoms with van der Waals surface area (Å²) in [6.07, 6.45) is 1.45. The summed E-state index contributed by atoms with van der Waals surface area (Å²) < 4.78 is 8.51. The molecule has 0 unspecified atom stereocenters. The summed E-state index contributed by atoms with van der Waals surface area (Å²) in [7, 11) is 0. The van der Waals surface area contributed by atoms with Gasteiger partial charge in [-0.25, -0.2) is 0 Å². The Labute approximate surface area is 87.9 Å². The number of hydrogen-bond donors (Lipinski definition) is 1. The first-order valence-electron chi connectivity index (χ1n) is 3.60. The number of carbonyl (C=O) groups is 1. The van der Waals surface area contributed by atoms with Crippen LogP contribution in [-0.4, -0.2) is 15.5 Å². The molecule has 2 rings (SSSR count). The SMILES string of the molecule is O=C(Nc1cnns1)c1ccc(Cl)o1. The molecule has 14 heavy (non-hydrogen) atoms. The van der Waals surface area contributed by atoms with E-state index in [1.54, 1.807) is 0 Å². The molecule has 0 bridgehead atoms. The van der Waals surface area contributed by atoms with E-state index in [4.69, 9.17) is 16.0 Å². The van der Waals surface area contributed by atoms with E-state index in [1.807, 2.05) is 0 Å². The average Bonchev–Trinajstić information content (AvgIpc) is 2.75. The fraction of sp³-hybridized carbons (Fsp3) is 0. The van der Waals surface area contributed by atoms with Gasteiger partial charge in [-0.15, -0.1) is 5.10 Å². The van der Waals surface area contributed by atoms with Crippen LogP contribution in [0.5, 0.6) is 0 Å². The van der Waals surface area contributed by atoms with Crippen LogP contribution >= 0.6 is 23.1 Å². The van der Waals surface area contributed by atoms with Gasteiger partial charge in [-0.05, 0) is 23.7 Å². The minimum Gasteiger partial charge on any atom is -0.440 e. The Morgan fingerprint density at radius 1 is 1.57 bits per heavy atom. The van der Waals surface area contributed by atoms with Gasteiger partial charge in [0.05, 0.1) is 6.20 Å². The van der Waals surface area contributed by atoms with E-state index < -0.39 is 0 Å².